The maximum absolute atomic E-state index is 12.7. The summed E-state index contributed by atoms with van der Waals surface area (Å²) in [6.45, 7) is 3.69. The summed E-state index contributed by atoms with van der Waals surface area (Å²) in [5.74, 6) is -0.293. The number of nitrogens with zero attached hydrogens (tertiary/aromatic N) is 1. The van der Waals surface area contributed by atoms with Crippen LogP contribution in [0, 0.1) is 0 Å². The molecular weight excluding hydrogens is 428 g/mol. The van der Waals surface area contributed by atoms with Gasteiger partial charge in [0.25, 0.3) is 0 Å². The molecule has 7 heteroatoms. The van der Waals surface area contributed by atoms with E-state index < -0.39 is 10.0 Å². The predicted octanol–water partition coefficient (Wildman–Crippen LogP) is 3.60. The molecule has 0 saturated heterocycles. The molecule has 0 radical (unpaired) electrons. The fourth-order valence-electron chi connectivity index (χ4n) is 2.70. The topological polar surface area (TPSA) is 66.5 Å². The van der Waals surface area contributed by atoms with E-state index >= 15 is 0 Å². The molecule has 2 aromatic carbocycles. The van der Waals surface area contributed by atoms with E-state index in [1.165, 1.54) is 22.0 Å². The van der Waals surface area contributed by atoms with Crippen molar-refractivity contribution >= 4 is 31.9 Å². The van der Waals surface area contributed by atoms with Crippen molar-refractivity contribution in [3.63, 3.8) is 0 Å². The molecule has 2 rings (SSSR count). The molecular formula is C20H25BrN2O3S. The van der Waals surface area contributed by atoms with Crippen molar-refractivity contribution in [1.29, 1.82) is 0 Å². The summed E-state index contributed by atoms with van der Waals surface area (Å²) in [4.78, 5) is 12.5. The van der Waals surface area contributed by atoms with Gasteiger partial charge in [0.15, 0.2) is 0 Å². The van der Waals surface area contributed by atoms with Crippen LogP contribution in [-0.4, -0.2) is 37.8 Å². The number of likely N-dealkylation sites (N-methyl/N-ethyl adjacent to an activating group) is 1. The Balaban J connectivity index is 1.92. The molecule has 1 N–H and O–H groups in total. The van der Waals surface area contributed by atoms with Gasteiger partial charge in [0.2, 0.25) is 15.9 Å². The number of sulfonamides is 1. The van der Waals surface area contributed by atoms with E-state index in [2.05, 4.69) is 33.4 Å². The zero-order valence-electron chi connectivity index (χ0n) is 15.6. The number of hydrogen-bond donors (Lipinski definition) is 1. The first kappa shape index (κ1) is 21.6. The monoisotopic (exact) mass is 452 g/mol. The van der Waals surface area contributed by atoms with Crippen LogP contribution in [0.3, 0.4) is 0 Å². The Kier molecular flexibility index (Phi) is 8.01. The molecule has 0 spiro atoms. The lowest BCUT2D eigenvalue weighted by Gasteiger charge is -2.21. The highest BCUT2D eigenvalue weighted by atomic mass is 79.9. The summed E-state index contributed by atoms with van der Waals surface area (Å²) in [6, 6.07) is 16.4. The Morgan fingerprint density at radius 3 is 2.33 bits per heavy atom. The van der Waals surface area contributed by atoms with Gasteiger partial charge >= 0.3 is 0 Å². The quantitative estimate of drug-likeness (QED) is 0.631. The van der Waals surface area contributed by atoms with Gasteiger partial charge in [0, 0.05) is 17.1 Å². The van der Waals surface area contributed by atoms with Gasteiger partial charge in [0.1, 0.15) is 0 Å². The Morgan fingerprint density at radius 1 is 1.11 bits per heavy atom. The van der Waals surface area contributed by atoms with Crippen LogP contribution < -0.4 is 5.32 Å². The van der Waals surface area contributed by atoms with E-state index in [1.54, 1.807) is 19.1 Å². The Bertz CT molecular complexity index is 839. The molecule has 146 valence electrons. The number of carbonyl (C=O) groups is 1. The highest BCUT2D eigenvalue weighted by Crippen LogP contribution is 2.18. The van der Waals surface area contributed by atoms with Crippen molar-refractivity contribution in [2.45, 2.75) is 37.6 Å². The molecule has 0 unspecified atom stereocenters. The summed E-state index contributed by atoms with van der Waals surface area (Å²) in [5, 5.41) is 2.90. The number of aryl methyl sites for hydroxylation is 1. The normalized spacial score (nSPS) is 12.7. The smallest absolute Gasteiger partial charge is 0.243 e. The van der Waals surface area contributed by atoms with Crippen LogP contribution in [0.2, 0.25) is 0 Å². The van der Waals surface area contributed by atoms with Crippen LogP contribution in [0.15, 0.2) is 64.0 Å². The van der Waals surface area contributed by atoms with Crippen LogP contribution in [0.25, 0.3) is 0 Å². The molecule has 1 atom stereocenters. The SMILES string of the molecule is CCN(CC(=O)N[C@H](C)CCc1ccccc1)S(=O)(=O)c1ccc(Br)cc1. The predicted molar refractivity (Wildman–Crippen MR) is 111 cm³/mol. The zero-order chi connectivity index (χ0) is 19.9. The van der Waals surface area contributed by atoms with E-state index in [9.17, 15) is 13.2 Å². The number of nitrogens with one attached hydrogen (secondary N) is 1. The highest BCUT2D eigenvalue weighted by Gasteiger charge is 2.25. The fraction of sp³-hybridized carbons (Fsp3) is 0.350. The van der Waals surface area contributed by atoms with Gasteiger partial charge in [-0.15, -0.1) is 0 Å². The lowest BCUT2D eigenvalue weighted by molar-refractivity contribution is -0.121. The van der Waals surface area contributed by atoms with Crippen LogP contribution in [0.4, 0.5) is 0 Å². The highest BCUT2D eigenvalue weighted by molar-refractivity contribution is 9.10. The second-order valence-electron chi connectivity index (χ2n) is 6.38. The third-order valence-electron chi connectivity index (χ3n) is 4.24. The van der Waals surface area contributed by atoms with Crippen LogP contribution >= 0.6 is 15.9 Å². The van der Waals surface area contributed by atoms with Crippen LogP contribution in [0.1, 0.15) is 25.8 Å². The summed E-state index contributed by atoms with van der Waals surface area (Å²) >= 11 is 3.29. The van der Waals surface area contributed by atoms with Gasteiger partial charge in [-0.05, 0) is 49.6 Å². The van der Waals surface area contributed by atoms with Crippen molar-refractivity contribution in [2.75, 3.05) is 13.1 Å². The molecule has 0 aliphatic heterocycles. The van der Waals surface area contributed by atoms with Gasteiger partial charge in [-0.1, -0.05) is 53.2 Å². The molecule has 0 aliphatic carbocycles. The van der Waals surface area contributed by atoms with Gasteiger partial charge in [-0.3, -0.25) is 4.79 Å². The molecule has 2 aromatic rings. The number of benzene rings is 2. The number of hydrogen-bond acceptors (Lipinski definition) is 3. The average molecular weight is 453 g/mol. The first-order valence-electron chi connectivity index (χ1n) is 8.92. The maximum Gasteiger partial charge on any atom is 0.243 e. The molecule has 0 saturated carbocycles. The molecule has 0 bridgehead atoms. The minimum Gasteiger partial charge on any atom is -0.352 e. The zero-order valence-corrected chi connectivity index (χ0v) is 18.0. The lowest BCUT2D eigenvalue weighted by Crippen LogP contribution is -2.43. The Morgan fingerprint density at radius 2 is 1.74 bits per heavy atom. The molecule has 0 aliphatic rings. The molecule has 0 fully saturated rings. The van der Waals surface area contributed by atoms with Crippen molar-refractivity contribution in [3.05, 3.63) is 64.6 Å². The van der Waals surface area contributed by atoms with Gasteiger partial charge in [-0.2, -0.15) is 4.31 Å². The van der Waals surface area contributed by atoms with Crippen molar-refractivity contribution in [1.82, 2.24) is 9.62 Å². The summed E-state index contributed by atoms with van der Waals surface area (Å²) in [7, 11) is -3.70. The van der Waals surface area contributed by atoms with E-state index in [-0.39, 0.29) is 29.9 Å². The third-order valence-corrected chi connectivity index (χ3v) is 6.70. The number of carbonyl (C=O) groups excluding carboxylic acids is 1. The number of rotatable bonds is 9. The Labute approximate surface area is 170 Å². The van der Waals surface area contributed by atoms with Gasteiger partial charge in [-0.25, -0.2) is 8.42 Å². The van der Waals surface area contributed by atoms with Crippen molar-refractivity contribution < 1.29 is 13.2 Å². The first-order chi connectivity index (χ1) is 12.8. The van der Waals surface area contributed by atoms with E-state index in [4.69, 9.17) is 0 Å². The second-order valence-corrected chi connectivity index (χ2v) is 9.23. The minimum atomic E-state index is -3.70. The first-order valence-corrected chi connectivity index (χ1v) is 11.1. The van der Waals surface area contributed by atoms with E-state index in [1.807, 2.05) is 25.1 Å². The minimum absolute atomic E-state index is 0.0354. The number of amides is 1. The van der Waals surface area contributed by atoms with Crippen LogP contribution in [0.5, 0.6) is 0 Å². The standard InChI is InChI=1S/C20H25BrN2O3S/c1-3-23(27(25,26)19-13-11-18(21)12-14-19)15-20(24)22-16(2)9-10-17-7-5-4-6-8-17/h4-8,11-14,16H,3,9-10,15H2,1-2H3,(H,22,24)/t16-/m1/s1. The number of halogens is 1. The van der Waals surface area contributed by atoms with E-state index in [0.29, 0.717) is 0 Å². The summed E-state index contributed by atoms with van der Waals surface area (Å²) in [5.41, 5.74) is 1.21. The molecule has 0 heterocycles. The third kappa shape index (κ3) is 6.45. The molecule has 27 heavy (non-hydrogen) atoms. The Hall–Kier alpha value is -1.70. The molecule has 5 nitrogen and oxygen atoms in total. The van der Waals surface area contributed by atoms with Crippen LogP contribution in [-0.2, 0) is 21.2 Å². The second kappa shape index (κ2) is 10.0. The summed E-state index contributed by atoms with van der Waals surface area (Å²) in [6.07, 6.45) is 1.65. The largest absolute Gasteiger partial charge is 0.352 e. The van der Waals surface area contributed by atoms with E-state index in [0.717, 1.165) is 17.3 Å². The van der Waals surface area contributed by atoms with Crippen molar-refractivity contribution in [2.24, 2.45) is 0 Å². The molecule has 1 amide bonds. The van der Waals surface area contributed by atoms with Crippen molar-refractivity contribution in [3.8, 4) is 0 Å². The maximum atomic E-state index is 12.7. The van der Waals surface area contributed by atoms with Gasteiger partial charge < -0.3 is 5.32 Å². The summed E-state index contributed by atoms with van der Waals surface area (Å²) < 4.78 is 27.5. The lowest BCUT2D eigenvalue weighted by atomic mass is 10.1. The molecule has 0 aromatic heterocycles. The average Bonchev–Trinajstić information content (AvgIpc) is 2.65. The van der Waals surface area contributed by atoms with Gasteiger partial charge in [0.05, 0.1) is 11.4 Å². The fourth-order valence-corrected chi connectivity index (χ4v) is 4.37.